The van der Waals surface area contributed by atoms with E-state index in [1.807, 2.05) is 6.07 Å². The summed E-state index contributed by atoms with van der Waals surface area (Å²) in [6.45, 7) is 8.95. The predicted octanol–water partition coefficient (Wildman–Crippen LogP) is 2.69. The van der Waals surface area contributed by atoms with Gasteiger partial charge in [-0.3, -0.25) is 4.90 Å². The highest BCUT2D eigenvalue weighted by molar-refractivity contribution is 5.25. The maximum absolute atomic E-state index is 5.36. The number of methoxy groups -OCH3 is 1. The van der Waals surface area contributed by atoms with Crippen LogP contribution in [0.3, 0.4) is 0 Å². The fourth-order valence-electron chi connectivity index (χ4n) is 3.15. The van der Waals surface area contributed by atoms with Crippen LogP contribution in [0.1, 0.15) is 38.7 Å². The van der Waals surface area contributed by atoms with Crippen molar-refractivity contribution in [2.24, 2.45) is 5.92 Å². The summed E-state index contributed by atoms with van der Waals surface area (Å²) in [5, 5.41) is 3.65. The second-order valence-electron chi connectivity index (χ2n) is 6.05. The lowest BCUT2D eigenvalue weighted by Gasteiger charge is -2.36. The number of pyridine rings is 1. The largest absolute Gasteiger partial charge is 0.481 e. The first kappa shape index (κ1) is 16.2. The molecule has 2 rings (SSSR count). The molecule has 1 aromatic rings. The summed E-state index contributed by atoms with van der Waals surface area (Å²) in [7, 11) is 1.70. The van der Waals surface area contributed by atoms with Gasteiger partial charge in [0.15, 0.2) is 0 Å². The maximum Gasteiger partial charge on any atom is 0.217 e. The van der Waals surface area contributed by atoms with Gasteiger partial charge in [0.1, 0.15) is 0 Å². The highest BCUT2D eigenvalue weighted by atomic mass is 16.5. The van der Waals surface area contributed by atoms with Gasteiger partial charge in [0.2, 0.25) is 5.88 Å². The van der Waals surface area contributed by atoms with Crippen molar-refractivity contribution in [3.8, 4) is 5.88 Å². The summed E-state index contributed by atoms with van der Waals surface area (Å²) in [4.78, 5) is 6.84. The van der Waals surface area contributed by atoms with Gasteiger partial charge in [0.25, 0.3) is 0 Å². The number of hydrogen-bond donors (Lipinski definition) is 1. The van der Waals surface area contributed by atoms with E-state index in [1.165, 1.54) is 31.4 Å². The minimum absolute atomic E-state index is 0.601. The molecule has 1 aliphatic heterocycles. The van der Waals surface area contributed by atoms with Crippen molar-refractivity contribution in [3.05, 3.63) is 23.9 Å². The fourth-order valence-corrected chi connectivity index (χ4v) is 3.15. The van der Waals surface area contributed by atoms with E-state index in [0.717, 1.165) is 31.4 Å². The summed E-state index contributed by atoms with van der Waals surface area (Å²) >= 11 is 0. The van der Waals surface area contributed by atoms with E-state index >= 15 is 0 Å². The van der Waals surface area contributed by atoms with E-state index in [1.54, 1.807) is 13.3 Å². The first-order chi connectivity index (χ1) is 10.2. The van der Waals surface area contributed by atoms with E-state index in [2.05, 4.69) is 35.1 Å². The highest BCUT2D eigenvalue weighted by Crippen LogP contribution is 2.23. The van der Waals surface area contributed by atoms with Crippen molar-refractivity contribution >= 4 is 0 Å². The number of hydrogen-bond acceptors (Lipinski definition) is 4. The summed E-state index contributed by atoms with van der Waals surface area (Å²) in [6.07, 6.45) is 5.61. The molecule has 118 valence electrons. The third-order valence-electron chi connectivity index (χ3n) is 4.40. The molecule has 1 N–H and O–H groups in total. The fraction of sp³-hybridized carbons (Fsp3) is 0.706. The Balaban J connectivity index is 1.91. The first-order valence-corrected chi connectivity index (χ1v) is 8.18. The molecule has 0 radical (unpaired) electrons. The summed E-state index contributed by atoms with van der Waals surface area (Å²) in [5.74, 6) is 1.50. The zero-order chi connectivity index (χ0) is 15.1. The Morgan fingerprint density at radius 1 is 1.52 bits per heavy atom. The Bertz CT molecular complexity index is 424. The minimum Gasteiger partial charge on any atom is -0.481 e. The Morgan fingerprint density at radius 3 is 3.14 bits per heavy atom. The average molecular weight is 291 g/mol. The van der Waals surface area contributed by atoms with Crippen molar-refractivity contribution in [1.29, 1.82) is 0 Å². The molecule has 0 saturated carbocycles. The number of likely N-dealkylation sites (tertiary alicyclic amines) is 1. The summed E-state index contributed by atoms with van der Waals surface area (Å²) in [5.41, 5.74) is 1.19. The zero-order valence-electron chi connectivity index (χ0n) is 13.6. The molecule has 2 atom stereocenters. The first-order valence-electron chi connectivity index (χ1n) is 8.18. The second-order valence-corrected chi connectivity index (χ2v) is 6.05. The van der Waals surface area contributed by atoms with Crippen molar-refractivity contribution in [2.45, 2.75) is 45.7 Å². The Hall–Kier alpha value is -1.13. The van der Waals surface area contributed by atoms with Gasteiger partial charge in [-0.25, -0.2) is 4.98 Å². The Morgan fingerprint density at radius 2 is 2.38 bits per heavy atom. The molecule has 1 fully saturated rings. The van der Waals surface area contributed by atoms with Gasteiger partial charge in [-0.05, 0) is 51.3 Å². The quantitative estimate of drug-likeness (QED) is 0.838. The molecule has 1 aliphatic rings. The number of nitrogens with one attached hydrogen (secondary N) is 1. The molecule has 2 unspecified atom stereocenters. The molecule has 21 heavy (non-hydrogen) atoms. The minimum atomic E-state index is 0.601. The SMILES string of the molecule is CCCNC(C)C1CCCN(Cc2cccnc2OC)C1. The smallest absolute Gasteiger partial charge is 0.217 e. The highest BCUT2D eigenvalue weighted by Gasteiger charge is 2.24. The number of piperidine rings is 1. The number of nitrogens with zero attached hydrogens (tertiary/aromatic N) is 2. The van der Waals surface area contributed by atoms with E-state index in [9.17, 15) is 0 Å². The van der Waals surface area contributed by atoms with Crippen LogP contribution in [-0.4, -0.2) is 42.7 Å². The van der Waals surface area contributed by atoms with Gasteiger partial charge >= 0.3 is 0 Å². The van der Waals surface area contributed by atoms with E-state index in [0.29, 0.717) is 6.04 Å². The van der Waals surface area contributed by atoms with E-state index < -0.39 is 0 Å². The van der Waals surface area contributed by atoms with Crippen LogP contribution in [0.4, 0.5) is 0 Å². The van der Waals surface area contributed by atoms with E-state index in [4.69, 9.17) is 4.74 Å². The maximum atomic E-state index is 5.36. The molecule has 0 bridgehead atoms. The zero-order valence-corrected chi connectivity index (χ0v) is 13.6. The van der Waals surface area contributed by atoms with Gasteiger partial charge in [0, 0.05) is 30.9 Å². The number of aromatic nitrogens is 1. The topological polar surface area (TPSA) is 37.4 Å². The van der Waals surface area contributed by atoms with Crippen LogP contribution < -0.4 is 10.1 Å². The van der Waals surface area contributed by atoms with Crippen LogP contribution in [0, 0.1) is 5.92 Å². The molecule has 1 aromatic heterocycles. The number of ether oxygens (including phenoxy) is 1. The lowest BCUT2D eigenvalue weighted by molar-refractivity contribution is 0.143. The van der Waals surface area contributed by atoms with Gasteiger partial charge < -0.3 is 10.1 Å². The number of rotatable bonds is 7. The molecule has 0 aromatic carbocycles. The summed E-state index contributed by atoms with van der Waals surface area (Å²) < 4.78 is 5.36. The Kier molecular flexibility index (Phi) is 6.46. The van der Waals surface area contributed by atoms with Crippen molar-refractivity contribution in [1.82, 2.24) is 15.2 Å². The summed E-state index contributed by atoms with van der Waals surface area (Å²) in [6, 6.07) is 4.71. The van der Waals surface area contributed by atoms with Gasteiger partial charge in [-0.15, -0.1) is 0 Å². The van der Waals surface area contributed by atoms with Crippen molar-refractivity contribution in [3.63, 3.8) is 0 Å². The monoisotopic (exact) mass is 291 g/mol. The second kappa shape index (κ2) is 8.35. The molecular formula is C17H29N3O. The van der Waals surface area contributed by atoms with E-state index in [-0.39, 0.29) is 0 Å². The third-order valence-corrected chi connectivity index (χ3v) is 4.40. The Labute approximate surface area is 128 Å². The van der Waals surface area contributed by atoms with Crippen molar-refractivity contribution in [2.75, 3.05) is 26.7 Å². The molecule has 0 spiro atoms. The van der Waals surface area contributed by atoms with Crippen molar-refractivity contribution < 1.29 is 4.74 Å². The van der Waals surface area contributed by atoms with Crippen LogP contribution in [-0.2, 0) is 6.54 Å². The third kappa shape index (κ3) is 4.68. The van der Waals surface area contributed by atoms with Crippen LogP contribution in [0.2, 0.25) is 0 Å². The molecule has 4 nitrogen and oxygen atoms in total. The molecule has 0 amide bonds. The predicted molar refractivity (Wildman–Crippen MR) is 86.5 cm³/mol. The van der Waals surface area contributed by atoms with Crippen LogP contribution in [0.15, 0.2) is 18.3 Å². The molecular weight excluding hydrogens is 262 g/mol. The molecule has 2 heterocycles. The molecule has 0 aliphatic carbocycles. The standard InChI is InChI=1S/C17H29N3O/c1-4-9-18-14(2)15-8-6-11-20(12-15)13-16-7-5-10-19-17(16)21-3/h5,7,10,14-15,18H,4,6,8-9,11-13H2,1-3H3. The van der Waals surface area contributed by atoms with Gasteiger partial charge in [-0.1, -0.05) is 13.0 Å². The average Bonchev–Trinajstić information content (AvgIpc) is 2.53. The van der Waals surface area contributed by atoms with Crippen LogP contribution in [0.5, 0.6) is 5.88 Å². The molecule has 4 heteroatoms. The van der Waals surface area contributed by atoms with Gasteiger partial charge in [-0.2, -0.15) is 0 Å². The van der Waals surface area contributed by atoms with Crippen LogP contribution >= 0.6 is 0 Å². The lowest BCUT2D eigenvalue weighted by Crippen LogP contribution is -2.44. The molecule has 1 saturated heterocycles. The van der Waals surface area contributed by atoms with Crippen LogP contribution in [0.25, 0.3) is 0 Å². The normalized spacial score (nSPS) is 21.2. The van der Waals surface area contributed by atoms with Gasteiger partial charge in [0.05, 0.1) is 7.11 Å². The lowest BCUT2D eigenvalue weighted by atomic mass is 9.91.